The molecule has 0 radical (unpaired) electrons. The summed E-state index contributed by atoms with van der Waals surface area (Å²) in [5, 5.41) is 15.4. The van der Waals surface area contributed by atoms with Gasteiger partial charge in [-0.2, -0.15) is 0 Å². The van der Waals surface area contributed by atoms with Gasteiger partial charge >= 0.3 is 0 Å². The van der Waals surface area contributed by atoms with Crippen LogP contribution < -0.4 is 11.1 Å². The molecule has 0 spiro atoms. The number of rotatable bonds is 5. The van der Waals surface area contributed by atoms with Crippen molar-refractivity contribution < 1.29 is 4.79 Å². The van der Waals surface area contributed by atoms with Crippen LogP contribution in [-0.4, -0.2) is 31.9 Å². The molecule has 9 heteroatoms. The van der Waals surface area contributed by atoms with E-state index in [0.29, 0.717) is 27.6 Å². The Balaban J connectivity index is 1.59. The lowest BCUT2D eigenvalue weighted by Gasteiger charge is -2.08. The highest BCUT2D eigenvalue weighted by Gasteiger charge is 2.28. The van der Waals surface area contributed by atoms with Gasteiger partial charge in [0, 0.05) is 5.02 Å². The molecule has 2 aromatic rings. The molecule has 3 rings (SSSR count). The molecule has 1 fully saturated rings. The van der Waals surface area contributed by atoms with Gasteiger partial charge in [-0.3, -0.25) is 4.79 Å². The Hall–Kier alpha value is -1.80. The smallest absolute Gasteiger partial charge is 0.234 e. The van der Waals surface area contributed by atoms with Crippen LogP contribution in [0.5, 0.6) is 0 Å². The van der Waals surface area contributed by atoms with E-state index in [1.165, 1.54) is 11.8 Å². The van der Waals surface area contributed by atoms with Gasteiger partial charge in [-0.15, -0.1) is 5.10 Å². The summed E-state index contributed by atoms with van der Waals surface area (Å²) in [7, 11) is 0. The molecule has 1 aliphatic carbocycles. The highest BCUT2D eigenvalue weighted by atomic mass is 35.5. The van der Waals surface area contributed by atoms with Gasteiger partial charge in [0.05, 0.1) is 23.2 Å². The van der Waals surface area contributed by atoms with Crippen LogP contribution in [-0.2, 0) is 4.79 Å². The molecular formula is C12H13ClN6OS. The monoisotopic (exact) mass is 324 g/mol. The minimum atomic E-state index is -0.181. The van der Waals surface area contributed by atoms with Crippen LogP contribution in [0.2, 0.25) is 5.02 Å². The Morgan fingerprint density at radius 3 is 3.10 bits per heavy atom. The van der Waals surface area contributed by atoms with Crippen molar-refractivity contribution in [1.29, 1.82) is 0 Å². The molecule has 7 nitrogen and oxygen atoms in total. The summed E-state index contributed by atoms with van der Waals surface area (Å²) in [6.07, 6.45) is 2.17. The lowest BCUT2D eigenvalue weighted by molar-refractivity contribution is -0.113. The van der Waals surface area contributed by atoms with E-state index in [4.69, 9.17) is 17.3 Å². The number of thioether (sulfide) groups is 1. The molecule has 1 aromatic heterocycles. The largest absolute Gasteiger partial charge is 0.397 e. The topological polar surface area (TPSA) is 98.7 Å². The minimum Gasteiger partial charge on any atom is -0.397 e. The third kappa shape index (κ3) is 3.45. The third-order valence-electron chi connectivity index (χ3n) is 2.98. The van der Waals surface area contributed by atoms with E-state index in [0.717, 1.165) is 12.8 Å². The second-order valence-corrected chi connectivity index (χ2v) is 6.08. The Morgan fingerprint density at radius 2 is 2.33 bits per heavy atom. The zero-order valence-corrected chi connectivity index (χ0v) is 12.6. The summed E-state index contributed by atoms with van der Waals surface area (Å²) >= 11 is 7.18. The highest BCUT2D eigenvalue weighted by Crippen LogP contribution is 2.36. The van der Waals surface area contributed by atoms with Gasteiger partial charge in [-0.05, 0) is 41.5 Å². The summed E-state index contributed by atoms with van der Waals surface area (Å²) in [5.41, 5.74) is 6.77. The first kappa shape index (κ1) is 14.2. The van der Waals surface area contributed by atoms with Crippen molar-refractivity contribution >= 4 is 40.6 Å². The van der Waals surface area contributed by atoms with Gasteiger partial charge in [0.1, 0.15) is 0 Å². The van der Waals surface area contributed by atoms with Crippen LogP contribution in [0.25, 0.3) is 0 Å². The number of benzene rings is 1. The van der Waals surface area contributed by atoms with Crippen molar-refractivity contribution in [2.24, 2.45) is 0 Å². The Labute approximate surface area is 130 Å². The van der Waals surface area contributed by atoms with Gasteiger partial charge < -0.3 is 11.1 Å². The van der Waals surface area contributed by atoms with E-state index >= 15 is 0 Å². The summed E-state index contributed by atoms with van der Waals surface area (Å²) in [4.78, 5) is 12.0. The number of amides is 1. The average Bonchev–Trinajstić information content (AvgIpc) is 3.19. The van der Waals surface area contributed by atoms with E-state index in [2.05, 4.69) is 20.8 Å². The van der Waals surface area contributed by atoms with E-state index in [9.17, 15) is 4.79 Å². The second kappa shape index (κ2) is 5.90. The quantitative estimate of drug-likeness (QED) is 0.644. The third-order valence-corrected chi connectivity index (χ3v) is 4.15. The number of hydrogen-bond acceptors (Lipinski definition) is 6. The Bertz CT molecular complexity index is 672. The molecule has 1 amide bonds. The lowest BCUT2D eigenvalue weighted by Crippen LogP contribution is -2.15. The molecule has 3 N–H and O–H groups in total. The first-order chi connectivity index (χ1) is 10.1. The fraction of sp³-hybridized carbons (Fsp3) is 0.333. The van der Waals surface area contributed by atoms with Gasteiger partial charge in [0.2, 0.25) is 11.1 Å². The van der Waals surface area contributed by atoms with E-state index in [1.807, 2.05) is 0 Å². The molecule has 0 atom stereocenters. The number of carbonyl (C=O) groups is 1. The molecule has 110 valence electrons. The summed E-state index contributed by atoms with van der Waals surface area (Å²) < 4.78 is 1.77. The van der Waals surface area contributed by atoms with Crippen LogP contribution in [0.15, 0.2) is 23.4 Å². The average molecular weight is 325 g/mol. The Kier molecular flexibility index (Phi) is 3.98. The first-order valence-corrected chi connectivity index (χ1v) is 7.75. The predicted octanol–water partition coefficient (Wildman–Crippen LogP) is 1.97. The standard InChI is InChI=1S/C12H13ClN6OS/c13-7-1-4-9(14)10(5-7)15-11(20)6-21-12-16-17-18-19(12)8-2-3-8/h1,4-5,8H,2-3,6,14H2,(H,15,20). The van der Waals surface area contributed by atoms with Crippen molar-refractivity contribution in [2.75, 3.05) is 16.8 Å². The number of nitrogens with two attached hydrogens (primary N) is 1. The van der Waals surface area contributed by atoms with Gasteiger partial charge in [-0.1, -0.05) is 23.4 Å². The predicted molar refractivity (Wildman–Crippen MR) is 81.3 cm³/mol. The summed E-state index contributed by atoms with van der Waals surface area (Å²) in [5.74, 6) is 0.0262. The van der Waals surface area contributed by atoms with Crippen molar-refractivity contribution in [3.05, 3.63) is 23.2 Å². The van der Waals surface area contributed by atoms with Gasteiger partial charge in [0.25, 0.3) is 0 Å². The van der Waals surface area contributed by atoms with Crippen LogP contribution >= 0.6 is 23.4 Å². The molecule has 1 aliphatic rings. The maximum atomic E-state index is 12.0. The molecule has 0 unspecified atom stereocenters. The van der Waals surface area contributed by atoms with Crippen LogP contribution in [0.4, 0.5) is 11.4 Å². The van der Waals surface area contributed by atoms with Gasteiger partial charge in [-0.25, -0.2) is 4.68 Å². The number of carbonyl (C=O) groups excluding carboxylic acids is 1. The number of nitrogens with one attached hydrogen (secondary N) is 1. The fourth-order valence-electron chi connectivity index (χ4n) is 1.78. The number of anilines is 2. The van der Waals surface area contributed by atoms with E-state index in [-0.39, 0.29) is 11.7 Å². The summed E-state index contributed by atoms with van der Waals surface area (Å²) in [6, 6.07) is 5.33. The number of tetrazole rings is 1. The maximum Gasteiger partial charge on any atom is 0.234 e. The van der Waals surface area contributed by atoms with Crippen LogP contribution in [0.3, 0.4) is 0 Å². The van der Waals surface area contributed by atoms with Crippen LogP contribution in [0.1, 0.15) is 18.9 Å². The molecule has 0 aliphatic heterocycles. The molecule has 1 heterocycles. The molecule has 1 saturated carbocycles. The minimum absolute atomic E-state index is 0.181. The van der Waals surface area contributed by atoms with Crippen molar-refractivity contribution in [3.8, 4) is 0 Å². The number of nitrogens with zero attached hydrogens (tertiary/aromatic N) is 4. The molecule has 0 saturated heterocycles. The molecule has 1 aromatic carbocycles. The second-order valence-electron chi connectivity index (χ2n) is 4.71. The molecule has 0 bridgehead atoms. The number of nitrogen functional groups attached to an aromatic ring is 1. The fourth-order valence-corrected chi connectivity index (χ4v) is 2.70. The van der Waals surface area contributed by atoms with E-state index in [1.54, 1.807) is 22.9 Å². The Morgan fingerprint density at radius 1 is 1.52 bits per heavy atom. The van der Waals surface area contributed by atoms with Crippen molar-refractivity contribution in [2.45, 2.75) is 24.0 Å². The maximum absolute atomic E-state index is 12.0. The van der Waals surface area contributed by atoms with Crippen LogP contribution in [0, 0.1) is 0 Å². The molecule has 21 heavy (non-hydrogen) atoms. The SMILES string of the molecule is Nc1ccc(Cl)cc1NC(=O)CSc1nnnn1C1CC1. The van der Waals surface area contributed by atoms with Crippen molar-refractivity contribution in [1.82, 2.24) is 20.2 Å². The van der Waals surface area contributed by atoms with E-state index < -0.39 is 0 Å². The zero-order valence-electron chi connectivity index (χ0n) is 11.0. The van der Waals surface area contributed by atoms with Crippen molar-refractivity contribution in [3.63, 3.8) is 0 Å². The normalized spacial score (nSPS) is 14.1. The van der Waals surface area contributed by atoms with Gasteiger partial charge in [0.15, 0.2) is 0 Å². The lowest BCUT2D eigenvalue weighted by atomic mass is 10.2. The number of hydrogen-bond donors (Lipinski definition) is 2. The first-order valence-electron chi connectivity index (χ1n) is 6.39. The highest BCUT2D eigenvalue weighted by molar-refractivity contribution is 7.99. The summed E-state index contributed by atoms with van der Waals surface area (Å²) in [6.45, 7) is 0. The zero-order chi connectivity index (χ0) is 14.8. The molecular weight excluding hydrogens is 312 g/mol. The number of halogens is 1. The number of aromatic nitrogens is 4.